The first kappa shape index (κ1) is 27.8. The van der Waals surface area contributed by atoms with E-state index in [0.717, 1.165) is 30.5 Å². The fraction of sp³-hybridized carbons (Fsp3) is 0.478. The summed E-state index contributed by atoms with van der Waals surface area (Å²) in [6.07, 6.45) is -6.98. The van der Waals surface area contributed by atoms with Crippen molar-refractivity contribution in [1.29, 1.82) is 0 Å². The number of nitrogens with zero attached hydrogens (tertiary/aromatic N) is 1. The van der Waals surface area contributed by atoms with E-state index in [4.69, 9.17) is 0 Å². The molecule has 0 spiro atoms. The zero-order chi connectivity index (χ0) is 26.9. The lowest BCUT2D eigenvalue weighted by molar-refractivity contribution is -0.154. The third-order valence-corrected chi connectivity index (χ3v) is 8.43. The molecule has 1 aliphatic carbocycles. The number of pyridine rings is 1. The van der Waals surface area contributed by atoms with Gasteiger partial charge in [0, 0.05) is 18.3 Å². The van der Waals surface area contributed by atoms with Gasteiger partial charge in [-0.3, -0.25) is 4.79 Å². The zero-order valence-corrected chi connectivity index (χ0v) is 20.1. The lowest BCUT2D eigenvalue weighted by Gasteiger charge is -2.40. The van der Waals surface area contributed by atoms with Crippen LogP contribution in [0.4, 0.5) is 26.3 Å². The van der Waals surface area contributed by atoms with E-state index < -0.39 is 49.9 Å². The average molecular weight is 539 g/mol. The van der Waals surface area contributed by atoms with Crippen molar-refractivity contribution in [3.63, 3.8) is 0 Å². The molecule has 1 fully saturated rings. The molecule has 6 nitrogen and oxygen atoms in total. The highest BCUT2D eigenvalue weighted by Gasteiger charge is 2.42. The standard InChI is InChI=1S/C23H24F6N2O4S/c1-21(2,36(33,34)18-5-3-4-16(10-18)23(27,28)29)11-14-8-17(9-14)31-20(32)15-6-7-19(30-12-15)35-13-22(24,25)26/h3-7,10,12,14,17H,8-9,11,13H2,1-2H3,(H,31,32). The van der Waals surface area contributed by atoms with E-state index in [1.54, 1.807) is 0 Å². The van der Waals surface area contributed by atoms with Crippen molar-refractivity contribution in [2.24, 2.45) is 5.92 Å². The molecule has 13 heteroatoms. The summed E-state index contributed by atoms with van der Waals surface area (Å²) >= 11 is 0. The lowest BCUT2D eigenvalue weighted by atomic mass is 9.75. The molecule has 198 valence electrons. The lowest BCUT2D eigenvalue weighted by Crippen LogP contribution is -2.47. The Bertz CT molecular complexity index is 1190. The van der Waals surface area contributed by atoms with Gasteiger partial charge in [-0.2, -0.15) is 26.3 Å². The number of ether oxygens (including phenoxy) is 1. The Morgan fingerprint density at radius 2 is 1.75 bits per heavy atom. The average Bonchev–Trinajstić information content (AvgIpc) is 2.75. The van der Waals surface area contributed by atoms with Crippen LogP contribution < -0.4 is 10.1 Å². The SMILES string of the molecule is CC(C)(CC1CC(NC(=O)c2ccc(OCC(F)(F)F)nc2)C1)S(=O)(=O)c1cccc(C(F)(F)F)c1. The number of alkyl halides is 6. The Morgan fingerprint density at radius 1 is 1.08 bits per heavy atom. The molecule has 0 bridgehead atoms. The van der Waals surface area contributed by atoms with Crippen molar-refractivity contribution in [3.8, 4) is 5.88 Å². The van der Waals surface area contributed by atoms with Crippen molar-refractivity contribution in [1.82, 2.24) is 10.3 Å². The minimum atomic E-state index is -4.67. The molecule has 0 aliphatic heterocycles. The van der Waals surface area contributed by atoms with E-state index in [1.807, 2.05) is 0 Å². The van der Waals surface area contributed by atoms with Gasteiger partial charge in [0.15, 0.2) is 16.4 Å². The first-order chi connectivity index (χ1) is 16.5. The monoisotopic (exact) mass is 538 g/mol. The van der Waals surface area contributed by atoms with Gasteiger partial charge in [0.2, 0.25) is 5.88 Å². The highest BCUT2D eigenvalue weighted by molar-refractivity contribution is 7.92. The highest BCUT2D eigenvalue weighted by Crippen LogP contribution is 2.40. The van der Waals surface area contributed by atoms with Crippen LogP contribution in [0, 0.1) is 5.92 Å². The second-order valence-electron chi connectivity index (χ2n) is 9.29. The summed E-state index contributed by atoms with van der Waals surface area (Å²) < 4.78 is 105. The van der Waals surface area contributed by atoms with Gasteiger partial charge in [0.25, 0.3) is 5.91 Å². The van der Waals surface area contributed by atoms with Crippen LogP contribution in [0.25, 0.3) is 0 Å². The normalized spacial score (nSPS) is 18.9. The fourth-order valence-electron chi connectivity index (χ4n) is 4.01. The fourth-order valence-corrected chi connectivity index (χ4v) is 5.64. The first-order valence-electron chi connectivity index (χ1n) is 10.9. The van der Waals surface area contributed by atoms with Crippen molar-refractivity contribution in [3.05, 3.63) is 53.7 Å². The van der Waals surface area contributed by atoms with Crippen molar-refractivity contribution < 1.29 is 44.3 Å². The number of rotatable bonds is 8. The molecule has 3 rings (SSSR count). The van der Waals surface area contributed by atoms with Crippen LogP contribution in [-0.2, 0) is 16.0 Å². The molecule has 0 unspecified atom stereocenters. The van der Waals surface area contributed by atoms with Gasteiger partial charge in [0.1, 0.15) is 0 Å². The smallest absolute Gasteiger partial charge is 0.422 e. The van der Waals surface area contributed by atoms with E-state index in [9.17, 15) is 39.6 Å². The number of nitrogens with one attached hydrogen (secondary N) is 1. The van der Waals surface area contributed by atoms with Crippen LogP contribution in [0.15, 0.2) is 47.5 Å². The maximum absolute atomic E-state index is 13.1. The predicted octanol–water partition coefficient (Wildman–Crippen LogP) is 5.19. The maximum Gasteiger partial charge on any atom is 0.422 e. The number of carbonyl (C=O) groups is 1. The summed E-state index contributed by atoms with van der Waals surface area (Å²) in [6, 6.07) is 5.81. The maximum atomic E-state index is 13.1. The summed E-state index contributed by atoms with van der Waals surface area (Å²) in [7, 11) is -4.07. The molecule has 2 aromatic rings. The first-order valence-corrected chi connectivity index (χ1v) is 12.3. The minimum absolute atomic E-state index is 0.0813. The summed E-state index contributed by atoms with van der Waals surface area (Å²) in [5.41, 5.74) is -0.925. The highest BCUT2D eigenvalue weighted by atomic mass is 32.2. The molecule has 1 aromatic heterocycles. The number of amides is 1. The van der Waals surface area contributed by atoms with Gasteiger partial charge in [-0.15, -0.1) is 0 Å². The Hall–Kier alpha value is -2.83. The van der Waals surface area contributed by atoms with Gasteiger partial charge in [-0.1, -0.05) is 6.07 Å². The van der Waals surface area contributed by atoms with E-state index >= 15 is 0 Å². The molecule has 1 heterocycles. The van der Waals surface area contributed by atoms with Crippen molar-refractivity contribution in [2.45, 2.75) is 61.1 Å². The van der Waals surface area contributed by atoms with Crippen LogP contribution in [0.1, 0.15) is 49.0 Å². The van der Waals surface area contributed by atoms with Crippen LogP contribution in [0.5, 0.6) is 5.88 Å². The number of carbonyl (C=O) groups excluding carboxylic acids is 1. The third kappa shape index (κ3) is 6.68. The Balaban J connectivity index is 1.54. The quantitative estimate of drug-likeness (QED) is 0.468. The molecule has 1 N–H and O–H groups in total. The van der Waals surface area contributed by atoms with Crippen LogP contribution in [-0.4, -0.2) is 42.9 Å². The van der Waals surface area contributed by atoms with Crippen molar-refractivity contribution >= 4 is 15.7 Å². The van der Waals surface area contributed by atoms with E-state index in [2.05, 4.69) is 15.0 Å². The Morgan fingerprint density at radius 3 is 2.31 bits per heavy atom. The van der Waals surface area contributed by atoms with Gasteiger partial charge in [0.05, 0.1) is 20.8 Å². The molecule has 1 aromatic carbocycles. The molecule has 1 saturated carbocycles. The molecule has 1 amide bonds. The van der Waals surface area contributed by atoms with Crippen LogP contribution in [0.3, 0.4) is 0 Å². The molecule has 0 atom stereocenters. The molecule has 1 aliphatic rings. The topological polar surface area (TPSA) is 85.4 Å². The Labute approximate surface area is 204 Å². The van der Waals surface area contributed by atoms with E-state index in [1.165, 1.54) is 19.9 Å². The molecule has 0 radical (unpaired) electrons. The van der Waals surface area contributed by atoms with Gasteiger partial charge in [-0.25, -0.2) is 13.4 Å². The largest absolute Gasteiger partial charge is 0.468 e. The van der Waals surface area contributed by atoms with Crippen LogP contribution in [0.2, 0.25) is 0 Å². The molecule has 0 saturated heterocycles. The summed E-state index contributed by atoms with van der Waals surface area (Å²) in [5.74, 6) is -0.858. The zero-order valence-electron chi connectivity index (χ0n) is 19.3. The molecule has 36 heavy (non-hydrogen) atoms. The summed E-state index contributed by atoms with van der Waals surface area (Å²) in [6.45, 7) is 1.42. The number of sulfone groups is 1. The third-order valence-electron chi connectivity index (χ3n) is 5.93. The number of benzene rings is 1. The van der Waals surface area contributed by atoms with Gasteiger partial charge >= 0.3 is 12.4 Å². The number of halogens is 6. The van der Waals surface area contributed by atoms with E-state index in [-0.39, 0.29) is 29.8 Å². The second kappa shape index (κ2) is 9.91. The molecular formula is C23H24F6N2O4S. The summed E-state index contributed by atoms with van der Waals surface area (Å²) in [4.78, 5) is 15.6. The van der Waals surface area contributed by atoms with Gasteiger partial charge < -0.3 is 10.1 Å². The summed E-state index contributed by atoms with van der Waals surface area (Å²) in [5, 5.41) is 2.74. The number of hydrogen-bond acceptors (Lipinski definition) is 5. The number of hydrogen-bond donors (Lipinski definition) is 1. The van der Waals surface area contributed by atoms with Crippen molar-refractivity contribution in [2.75, 3.05) is 6.61 Å². The predicted molar refractivity (Wildman–Crippen MR) is 117 cm³/mol. The molecular weight excluding hydrogens is 514 g/mol. The van der Waals surface area contributed by atoms with Crippen LogP contribution >= 0.6 is 0 Å². The Kier molecular flexibility index (Phi) is 7.64. The van der Waals surface area contributed by atoms with E-state index in [0.29, 0.717) is 18.9 Å². The number of aromatic nitrogens is 1. The second-order valence-corrected chi connectivity index (χ2v) is 11.9. The minimum Gasteiger partial charge on any atom is -0.468 e. The van der Waals surface area contributed by atoms with Gasteiger partial charge in [-0.05, 0) is 63.3 Å².